The van der Waals surface area contributed by atoms with Crippen molar-refractivity contribution >= 4 is 21.6 Å². The predicted octanol–water partition coefficient (Wildman–Crippen LogP) is 2.34. The van der Waals surface area contributed by atoms with E-state index in [9.17, 15) is 13.2 Å². The van der Waals surface area contributed by atoms with Gasteiger partial charge in [0, 0.05) is 38.4 Å². The minimum Gasteiger partial charge on any atom is -0.484 e. The van der Waals surface area contributed by atoms with Gasteiger partial charge in [0.05, 0.1) is 5.75 Å². The Balaban J connectivity index is 1.35. The number of nitrogens with one attached hydrogen (secondary N) is 1. The molecule has 0 aliphatic carbocycles. The Hall–Kier alpha value is -2.58. The van der Waals surface area contributed by atoms with Crippen molar-refractivity contribution < 1.29 is 17.9 Å². The van der Waals surface area contributed by atoms with E-state index in [0.29, 0.717) is 44.9 Å². The Morgan fingerprint density at radius 1 is 1.00 bits per heavy atom. The molecule has 0 atom stereocenters. The standard InChI is InChI=1S/C23H31N3O4S/c1-19-7-9-22(10-8-19)30-18-23(27)24-11-4-16-31(28,29)26-14-12-25(13-15-26)21-6-3-5-20(2)17-21/h3,5-10,17H,4,11-16,18H2,1-2H3,(H,24,27). The topological polar surface area (TPSA) is 78.9 Å². The van der Waals surface area contributed by atoms with Crippen molar-refractivity contribution in [2.45, 2.75) is 20.3 Å². The number of sulfonamides is 1. The molecule has 0 radical (unpaired) electrons. The third-order valence-corrected chi connectivity index (χ3v) is 7.25. The van der Waals surface area contributed by atoms with Gasteiger partial charge in [0.2, 0.25) is 10.0 Å². The van der Waals surface area contributed by atoms with Crippen molar-refractivity contribution in [3.8, 4) is 5.75 Å². The van der Waals surface area contributed by atoms with Crippen LogP contribution in [-0.2, 0) is 14.8 Å². The summed E-state index contributed by atoms with van der Waals surface area (Å²) in [7, 11) is -3.33. The first kappa shape index (κ1) is 23.1. The molecular formula is C23H31N3O4S. The van der Waals surface area contributed by atoms with E-state index in [1.165, 1.54) is 5.56 Å². The quantitative estimate of drug-likeness (QED) is 0.600. The van der Waals surface area contributed by atoms with Gasteiger partial charge in [-0.1, -0.05) is 29.8 Å². The van der Waals surface area contributed by atoms with Crippen LogP contribution in [0.3, 0.4) is 0 Å². The number of nitrogens with zero attached hydrogens (tertiary/aromatic N) is 2. The van der Waals surface area contributed by atoms with Crippen LogP contribution in [0.5, 0.6) is 5.75 Å². The Kier molecular flexibility index (Phi) is 7.92. The third kappa shape index (κ3) is 6.97. The molecule has 1 aliphatic rings. The number of ether oxygens (including phenoxy) is 1. The van der Waals surface area contributed by atoms with Gasteiger partial charge in [0.25, 0.3) is 5.91 Å². The lowest BCUT2D eigenvalue weighted by Crippen LogP contribution is -2.49. The minimum atomic E-state index is -3.33. The van der Waals surface area contributed by atoms with E-state index in [1.807, 2.05) is 37.3 Å². The van der Waals surface area contributed by atoms with Crippen molar-refractivity contribution in [1.82, 2.24) is 9.62 Å². The van der Waals surface area contributed by atoms with Crippen molar-refractivity contribution in [3.05, 3.63) is 59.7 Å². The maximum Gasteiger partial charge on any atom is 0.257 e. The number of carbonyl (C=O) groups excluding carboxylic acids is 1. The van der Waals surface area contributed by atoms with E-state index in [1.54, 1.807) is 4.31 Å². The van der Waals surface area contributed by atoms with Gasteiger partial charge in [-0.3, -0.25) is 4.79 Å². The van der Waals surface area contributed by atoms with Gasteiger partial charge in [-0.05, 0) is 50.1 Å². The number of piperazine rings is 1. The molecule has 2 aromatic carbocycles. The Morgan fingerprint density at radius 2 is 1.71 bits per heavy atom. The molecule has 2 aromatic rings. The molecule has 1 amide bonds. The first-order valence-corrected chi connectivity index (χ1v) is 12.2. The normalized spacial score (nSPS) is 15.0. The predicted molar refractivity (Wildman–Crippen MR) is 123 cm³/mol. The summed E-state index contributed by atoms with van der Waals surface area (Å²) in [4.78, 5) is 14.1. The lowest BCUT2D eigenvalue weighted by atomic mass is 10.2. The van der Waals surface area contributed by atoms with E-state index in [-0.39, 0.29) is 18.3 Å². The van der Waals surface area contributed by atoms with E-state index in [0.717, 1.165) is 11.3 Å². The van der Waals surface area contributed by atoms with E-state index < -0.39 is 10.0 Å². The van der Waals surface area contributed by atoms with Crippen molar-refractivity contribution in [2.75, 3.05) is 50.0 Å². The van der Waals surface area contributed by atoms with Gasteiger partial charge in [-0.25, -0.2) is 8.42 Å². The molecule has 0 saturated carbocycles. The summed E-state index contributed by atoms with van der Waals surface area (Å²) in [6, 6.07) is 15.7. The van der Waals surface area contributed by atoms with E-state index >= 15 is 0 Å². The Labute approximate surface area is 185 Å². The molecule has 1 saturated heterocycles. The highest BCUT2D eigenvalue weighted by atomic mass is 32.2. The van der Waals surface area contributed by atoms with Crippen LogP contribution in [-0.4, -0.2) is 63.7 Å². The second-order valence-corrected chi connectivity index (χ2v) is 9.93. The highest BCUT2D eigenvalue weighted by Gasteiger charge is 2.26. The molecule has 1 heterocycles. The van der Waals surface area contributed by atoms with Crippen LogP contribution in [0.25, 0.3) is 0 Å². The minimum absolute atomic E-state index is 0.0243. The average molecular weight is 446 g/mol. The number of benzene rings is 2. The van der Waals surface area contributed by atoms with Crippen LogP contribution >= 0.6 is 0 Å². The number of hydrogen-bond acceptors (Lipinski definition) is 5. The second kappa shape index (κ2) is 10.6. The van der Waals surface area contributed by atoms with Crippen LogP contribution < -0.4 is 15.0 Å². The molecule has 0 unspecified atom stereocenters. The molecule has 1 N–H and O–H groups in total. The van der Waals surface area contributed by atoms with Gasteiger partial charge in [-0.2, -0.15) is 4.31 Å². The van der Waals surface area contributed by atoms with Crippen molar-refractivity contribution in [2.24, 2.45) is 0 Å². The molecule has 8 heteroatoms. The van der Waals surface area contributed by atoms with Crippen LogP contribution in [0, 0.1) is 13.8 Å². The molecule has 31 heavy (non-hydrogen) atoms. The van der Waals surface area contributed by atoms with Gasteiger partial charge in [-0.15, -0.1) is 0 Å². The average Bonchev–Trinajstić information content (AvgIpc) is 2.76. The van der Waals surface area contributed by atoms with Gasteiger partial charge < -0.3 is 15.0 Å². The van der Waals surface area contributed by atoms with Crippen LogP contribution in [0.4, 0.5) is 5.69 Å². The molecule has 168 valence electrons. The smallest absolute Gasteiger partial charge is 0.257 e. The highest BCUT2D eigenvalue weighted by molar-refractivity contribution is 7.89. The molecule has 0 spiro atoms. The fraction of sp³-hybridized carbons (Fsp3) is 0.435. The van der Waals surface area contributed by atoms with Crippen LogP contribution in [0.15, 0.2) is 48.5 Å². The molecule has 1 aliphatic heterocycles. The maximum atomic E-state index is 12.6. The third-order valence-electron chi connectivity index (χ3n) is 5.29. The Bertz CT molecular complexity index is 969. The summed E-state index contributed by atoms with van der Waals surface area (Å²) in [5.41, 5.74) is 3.45. The summed E-state index contributed by atoms with van der Waals surface area (Å²) >= 11 is 0. The number of amides is 1. The van der Waals surface area contributed by atoms with Gasteiger partial charge in [0.15, 0.2) is 6.61 Å². The first-order valence-electron chi connectivity index (χ1n) is 10.6. The number of aryl methyl sites for hydroxylation is 2. The zero-order chi connectivity index (χ0) is 22.3. The summed E-state index contributed by atoms with van der Waals surface area (Å²) in [6.07, 6.45) is 0.372. The number of carbonyl (C=O) groups is 1. The second-order valence-electron chi connectivity index (χ2n) is 7.85. The lowest BCUT2D eigenvalue weighted by Gasteiger charge is -2.35. The first-order chi connectivity index (χ1) is 14.8. The van der Waals surface area contributed by atoms with Crippen LogP contribution in [0.1, 0.15) is 17.5 Å². The zero-order valence-corrected chi connectivity index (χ0v) is 19.0. The van der Waals surface area contributed by atoms with Gasteiger partial charge in [0.1, 0.15) is 5.75 Å². The molecule has 3 rings (SSSR count). The summed E-state index contributed by atoms with van der Waals surface area (Å²) in [5.74, 6) is 0.397. The maximum absolute atomic E-state index is 12.6. The SMILES string of the molecule is Cc1ccc(OCC(=O)NCCCS(=O)(=O)N2CCN(c3cccc(C)c3)CC2)cc1. The largest absolute Gasteiger partial charge is 0.484 e. The molecular weight excluding hydrogens is 414 g/mol. The van der Waals surface area contributed by atoms with Crippen molar-refractivity contribution in [3.63, 3.8) is 0 Å². The number of rotatable bonds is 9. The van der Waals surface area contributed by atoms with Crippen molar-refractivity contribution in [1.29, 1.82) is 0 Å². The summed E-state index contributed by atoms with van der Waals surface area (Å²) < 4.78 is 32.3. The Morgan fingerprint density at radius 3 is 2.39 bits per heavy atom. The summed E-state index contributed by atoms with van der Waals surface area (Å²) in [6.45, 7) is 6.56. The van der Waals surface area contributed by atoms with Gasteiger partial charge >= 0.3 is 0 Å². The number of hydrogen-bond donors (Lipinski definition) is 1. The van der Waals surface area contributed by atoms with E-state index in [4.69, 9.17) is 4.74 Å². The molecule has 0 bridgehead atoms. The zero-order valence-electron chi connectivity index (χ0n) is 18.2. The summed E-state index contributed by atoms with van der Waals surface area (Å²) in [5, 5.41) is 2.72. The van der Waals surface area contributed by atoms with E-state index in [2.05, 4.69) is 35.3 Å². The lowest BCUT2D eigenvalue weighted by molar-refractivity contribution is -0.123. The molecule has 0 aromatic heterocycles. The number of anilines is 1. The van der Waals surface area contributed by atoms with Crippen LogP contribution in [0.2, 0.25) is 0 Å². The molecule has 1 fully saturated rings. The fourth-order valence-electron chi connectivity index (χ4n) is 3.50. The monoisotopic (exact) mass is 445 g/mol. The fourth-order valence-corrected chi connectivity index (χ4v) is 4.98. The molecule has 7 nitrogen and oxygen atoms in total. The highest BCUT2D eigenvalue weighted by Crippen LogP contribution is 2.19.